The number of rotatable bonds is 4. The van der Waals surface area contributed by atoms with Crippen molar-refractivity contribution in [3.8, 4) is 11.8 Å². The van der Waals surface area contributed by atoms with Crippen molar-refractivity contribution in [3.63, 3.8) is 0 Å². The molecular weight excluding hydrogens is 405 g/mol. The first-order chi connectivity index (χ1) is 11.6. The smallest absolute Gasteiger partial charge is 0.416 e. The van der Waals surface area contributed by atoms with Crippen molar-refractivity contribution in [2.75, 3.05) is 5.75 Å². The number of alkyl halides is 4. The van der Waals surface area contributed by atoms with E-state index in [1.54, 1.807) is 13.0 Å². The summed E-state index contributed by atoms with van der Waals surface area (Å²) in [6, 6.07) is 2.93. The molecular formula is C14H9Cl2F4N3OS. The van der Waals surface area contributed by atoms with Crippen LogP contribution in [-0.4, -0.2) is 20.1 Å². The van der Waals surface area contributed by atoms with Crippen molar-refractivity contribution in [2.24, 2.45) is 0 Å². The molecule has 1 unspecified atom stereocenters. The lowest BCUT2D eigenvalue weighted by Gasteiger charge is -2.14. The van der Waals surface area contributed by atoms with Gasteiger partial charge in [0.15, 0.2) is 0 Å². The van der Waals surface area contributed by atoms with Gasteiger partial charge in [-0.3, -0.25) is 0 Å². The Bertz CT molecular complexity index is 825. The molecule has 25 heavy (non-hydrogen) atoms. The van der Waals surface area contributed by atoms with Crippen LogP contribution in [0, 0.1) is 11.3 Å². The minimum Gasteiger partial charge on any atom is -0.611 e. The number of nitriles is 1. The van der Waals surface area contributed by atoms with Crippen LogP contribution in [0.25, 0.3) is 5.69 Å². The van der Waals surface area contributed by atoms with Crippen molar-refractivity contribution >= 4 is 34.4 Å². The maximum Gasteiger partial charge on any atom is 0.416 e. The van der Waals surface area contributed by atoms with Gasteiger partial charge >= 0.3 is 6.18 Å². The van der Waals surface area contributed by atoms with E-state index in [1.165, 1.54) is 0 Å². The van der Waals surface area contributed by atoms with Crippen LogP contribution >= 0.6 is 23.2 Å². The van der Waals surface area contributed by atoms with E-state index in [4.69, 9.17) is 28.5 Å². The van der Waals surface area contributed by atoms with E-state index in [2.05, 4.69) is 5.10 Å². The predicted octanol–water partition coefficient (Wildman–Crippen LogP) is 4.67. The van der Waals surface area contributed by atoms with Gasteiger partial charge in [0.25, 0.3) is 0 Å². The van der Waals surface area contributed by atoms with Gasteiger partial charge in [-0.2, -0.15) is 23.5 Å². The molecule has 0 radical (unpaired) electrons. The van der Waals surface area contributed by atoms with Crippen LogP contribution in [0.1, 0.15) is 23.9 Å². The quantitative estimate of drug-likeness (QED) is 0.540. The van der Waals surface area contributed by atoms with E-state index >= 15 is 0 Å². The van der Waals surface area contributed by atoms with Gasteiger partial charge in [0, 0.05) is 0 Å². The van der Waals surface area contributed by atoms with Crippen molar-refractivity contribution in [1.29, 1.82) is 5.26 Å². The van der Waals surface area contributed by atoms with Crippen LogP contribution in [0.5, 0.6) is 0 Å². The Morgan fingerprint density at radius 3 is 2.28 bits per heavy atom. The van der Waals surface area contributed by atoms with E-state index < -0.39 is 39.6 Å². The monoisotopic (exact) mass is 413 g/mol. The fourth-order valence-corrected chi connectivity index (χ4v) is 3.77. The van der Waals surface area contributed by atoms with Crippen molar-refractivity contribution in [3.05, 3.63) is 39.1 Å². The van der Waals surface area contributed by atoms with Gasteiger partial charge in [0.2, 0.25) is 10.6 Å². The van der Waals surface area contributed by atoms with Gasteiger partial charge in [0.1, 0.15) is 29.9 Å². The highest BCUT2D eigenvalue weighted by Gasteiger charge is 2.34. The molecule has 2 aromatic rings. The Morgan fingerprint density at radius 2 is 1.88 bits per heavy atom. The van der Waals surface area contributed by atoms with Gasteiger partial charge in [-0.05, 0) is 30.2 Å². The van der Waals surface area contributed by atoms with Crippen LogP contribution in [0.15, 0.2) is 17.0 Å². The summed E-state index contributed by atoms with van der Waals surface area (Å²) in [5.74, 6) is 0.0991. The van der Waals surface area contributed by atoms with Crippen molar-refractivity contribution in [1.82, 2.24) is 9.78 Å². The first-order valence-corrected chi connectivity index (χ1v) is 8.76. The molecule has 0 saturated carbocycles. The summed E-state index contributed by atoms with van der Waals surface area (Å²) >= 11 is 10.1. The zero-order valence-electron chi connectivity index (χ0n) is 12.5. The minimum atomic E-state index is -4.68. The summed E-state index contributed by atoms with van der Waals surface area (Å²) in [5, 5.41) is 12.1. The molecule has 11 heteroatoms. The number of halogens is 6. The molecule has 0 fully saturated rings. The summed E-state index contributed by atoms with van der Waals surface area (Å²) in [6.07, 6.45) is -4.68. The second-order valence-electron chi connectivity index (χ2n) is 4.70. The van der Waals surface area contributed by atoms with Crippen LogP contribution < -0.4 is 0 Å². The minimum absolute atomic E-state index is 0.0991. The van der Waals surface area contributed by atoms with Gasteiger partial charge < -0.3 is 4.55 Å². The Morgan fingerprint density at radius 1 is 1.32 bits per heavy atom. The normalized spacial score (nSPS) is 12.9. The van der Waals surface area contributed by atoms with Gasteiger partial charge in [-0.15, -0.1) is 0 Å². The lowest BCUT2D eigenvalue weighted by molar-refractivity contribution is -0.137. The summed E-state index contributed by atoms with van der Waals surface area (Å²) in [4.78, 5) is -0.125. The Kier molecular flexibility index (Phi) is 5.89. The third kappa shape index (κ3) is 3.72. The summed E-state index contributed by atoms with van der Waals surface area (Å²) in [5.41, 5.74) is -1.86. The topological polar surface area (TPSA) is 64.7 Å². The molecule has 0 amide bonds. The molecule has 1 atom stereocenters. The molecule has 2 rings (SSSR count). The van der Waals surface area contributed by atoms with Crippen LogP contribution in [0.4, 0.5) is 17.6 Å². The van der Waals surface area contributed by atoms with Crippen molar-refractivity contribution in [2.45, 2.75) is 24.7 Å². The number of benzene rings is 1. The molecule has 0 aliphatic carbocycles. The molecule has 0 saturated heterocycles. The highest BCUT2D eigenvalue weighted by Crippen LogP contribution is 2.38. The van der Waals surface area contributed by atoms with Crippen molar-refractivity contribution < 1.29 is 22.1 Å². The van der Waals surface area contributed by atoms with Crippen LogP contribution in [-0.2, 0) is 24.0 Å². The summed E-state index contributed by atoms with van der Waals surface area (Å²) in [6.45, 7) is 0.401. The second kappa shape index (κ2) is 7.41. The molecule has 134 valence electrons. The lowest BCUT2D eigenvalue weighted by atomic mass is 10.2. The molecule has 0 aliphatic heterocycles. The average molecular weight is 414 g/mol. The van der Waals surface area contributed by atoms with Crippen LogP contribution in [0.2, 0.25) is 10.0 Å². The molecule has 4 nitrogen and oxygen atoms in total. The number of aromatic nitrogens is 2. The SMILES string of the molecule is CC[S+]([O-])c1c(C#N)nn(-c2c(Cl)cc(C(F)(F)F)cc2Cl)c1CF. The Labute approximate surface area is 153 Å². The van der Waals surface area contributed by atoms with E-state index in [0.717, 1.165) is 4.68 Å². The zero-order valence-corrected chi connectivity index (χ0v) is 14.8. The fraction of sp³-hybridized carbons (Fsp3) is 0.286. The molecule has 1 heterocycles. The summed E-state index contributed by atoms with van der Waals surface area (Å²) < 4.78 is 64.9. The fourth-order valence-electron chi connectivity index (χ4n) is 2.13. The lowest BCUT2D eigenvalue weighted by Crippen LogP contribution is -2.10. The predicted molar refractivity (Wildman–Crippen MR) is 85.1 cm³/mol. The first kappa shape index (κ1) is 19.8. The maximum absolute atomic E-state index is 13.5. The first-order valence-electron chi connectivity index (χ1n) is 6.68. The molecule has 0 bridgehead atoms. The Balaban J connectivity index is 2.76. The number of nitrogens with zero attached hydrogens (tertiary/aromatic N) is 3. The van der Waals surface area contributed by atoms with E-state index in [1.807, 2.05) is 0 Å². The maximum atomic E-state index is 13.5. The standard InChI is InChI=1S/C14H9Cl2F4N3OS/c1-2-25(24)13-10(6-21)22-23(11(13)5-17)12-8(15)3-7(4-9(12)16)14(18,19)20/h3-4H,2,5H2,1H3. The zero-order chi connectivity index (χ0) is 18.9. The number of hydrogen-bond acceptors (Lipinski definition) is 3. The largest absolute Gasteiger partial charge is 0.611 e. The van der Waals surface area contributed by atoms with E-state index in [0.29, 0.717) is 12.1 Å². The van der Waals surface area contributed by atoms with Gasteiger partial charge in [-0.1, -0.05) is 23.2 Å². The highest BCUT2D eigenvalue weighted by molar-refractivity contribution is 7.91. The van der Waals surface area contributed by atoms with Gasteiger partial charge in [0.05, 0.1) is 15.6 Å². The third-order valence-electron chi connectivity index (χ3n) is 3.21. The van der Waals surface area contributed by atoms with E-state index in [-0.39, 0.29) is 27.7 Å². The summed E-state index contributed by atoms with van der Waals surface area (Å²) in [7, 11) is 0. The molecule has 1 aromatic carbocycles. The molecule has 0 spiro atoms. The molecule has 0 N–H and O–H groups in total. The Hall–Kier alpha value is -1.47. The molecule has 0 aliphatic rings. The third-order valence-corrected chi connectivity index (χ3v) is 5.20. The average Bonchev–Trinajstić information content (AvgIpc) is 2.90. The molecule has 1 aromatic heterocycles. The second-order valence-corrected chi connectivity index (χ2v) is 7.19. The van der Waals surface area contributed by atoms with E-state index in [9.17, 15) is 22.1 Å². The highest BCUT2D eigenvalue weighted by atomic mass is 35.5. The van der Waals surface area contributed by atoms with Gasteiger partial charge in [-0.25, -0.2) is 9.07 Å². The number of hydrogen-bond donors (Lipinski definition) is 0. The van der Waals surface area contributed by atoms with Crippen LogP contribution in [0.3, 0.4) is 0 Å².